The first-order chi connectivity index (χ1) is 12.7. The van der Waals surface area contributed by atoms with Crippen LogP contribution < -0.4 is 0 Å². The molecule has 0 saturated heterocycles. The molecular formula is C18H17BrN2O5S. The van der Waals surface area contributed by atoms with E-state index in [0.29, 0.717) is 32.9 Å². The summed E-state index contributed by atoms with van der Waals surface area (Å²) >= 11 is 3.48. The number of aryl methyl sites for hydroxylation is 1. The monoisotopic (exact) mass is 452 g/mol. The Bertz CT molecular complexity index is 1110. The molecule has 0 fully saturated rings. The number of esters is 1. The second kappa shape index (κ2) is 7.32. The molecule has 2 heterocycles. The second-order valence-electron chi connectivity index (χ2n) is 5.95. The van der Waals surface area contributed by atoms with E-state index in [0.717, 1.165) is 6.26 Å². The van der Waals surface area contributed by atoms with Gasteiger partial charge in [0.15, 0.2) is 15.6 Å². The molecule has 0 amide bonds. The lowest BCUT2D eigenvalue weighted by Gasteiger charge is -2.05. The predicted molar refractivity (Wildman–Crippen MR) is 103 cm³/mol. The predicted octanol–water partition coefficient (Wildman–Crippen LogP) is 3.46. The number of nitrogens with zero attached hydrogens (tertiary/aromatic N) is 2. The van der Waals surface area contributed by atoms with Gasteiger partial charge >= 0.3 is 5.97 Å². The van der Waals surface area contributed by atoms with Gasteiger partial charge in [0.1, 0.15) is 18.0 Å². The molecule has 0 bridgehead atoms. The number of sulfone groups is 1. The maximum atomic E-state index is 11.8. The molecule has 3 aromatic rings. The van der Waals surface area contributed by atoms with Gasteiger partial charge < -0.3 is 9.15 Å². The molecule has 3 rings (SSSR count). The van der Waals surface area contributed by atoms with Gasteiger partial charge in [0.05, 0.1) is 22.2 Å². The summed E-state index contributed by atoms with van der Waals surface area (Å²) in [7, 11) is -2.01. The van der Waals surface area contributed by atoms with Crippen molar-refractivity contribution in [3.05, 3.63) is 46.6 Å². The summed E-state index contributed by atoms with van der Waals surface area (Å²) in [6.07, 6.45) is 1.16. The van der Waals surface area contributed by atoms with Crippen molar-refractivity contribution in [1.29, 1.82) is 0 Å². The third-order valence-corrected chi connectivity index (χ3v) is 6.01. The molecule has 0 saturated carbocycles. The SMILES string of the molecule is COC(=O)Cn1nc(C)c(Br)c1-c1ccc(-c2cccc(S(C)(=O)=O)c2)o1. The quantitative estimate of drug-likeness (QED) is 0.550. The van der Waals surface area contributed by atoms with Gasteiger partial charge in [0, 0.05) is 11.8 Å². The van der Waals surface area contributed by atoms with E-state index in [4.69, 9.17) is 9.15 Å². The van der Waals surface area contributed by atoms with Crippen LogP contribution in [0.3, 0.4) is 0 Å². The van der Waals surface area contributed by atoms with E-state index in [1.165, 1.54) is 17.9 Å². The Hall–Kier alpha value is -2.39. The second-order valence-corrected chi connectivity index (χ2v) is 8.75. The minimum absolute atomic E-state index is 0.0577. The Balaban J connectivity index is 2.04. The van der Waals surface area contributed by atoms with E-state index >= 15 is 0 Å². The molecule has 7 nitrogen and oxygen atoms in total. The third-order valence-electron chi connectivity index (χ3n) is 3.95. The zero-order valence-corrected chi connectivity index (χ0v) is 17.3. The summed E-state index contributed by atoms with van der Waals surface area (Å²) in [4.78, 5) is 11.9. The van der Waals surface area contributed by atoms with Crippen molar-refractivity contribution >= 4 is 31.7 Å². The summed E-state index contributed by atoms with van der Waals surface area (Å²) in [5, 5.41) is 4.33. The maximum absolute atomic E-state index is 11.8. The Morgan fingerprint density at radius 3 is 2.63 bits per heavy atom. The highest BCUT2D eigenvalue weighted by Crippen LogP contribution is 2.35. The van der Waals surface area contributed by atoms with Gasteiger partial charge in [0.25, 0.3) is 0 Å². The number of benzene rings is 1. The average molecular weight is 453 g/mol. The minimum Gasteiger partial charge on any atom is -0.468 e. The van der Waals surface area contributed by atoms with E-state index < -0.39 is 15.8 Å². The summed E-state index contributed by atoms with van der Waals surface area (Å²) in [6, 6.07) is 10.0. The van der Waals surface area contributed by atoms with Gasteiger partial charge in [-0.3, -0.25) is 4.79 Å². The molecule has 0 atom stereocenters. The molecule has 0 aliphatic heterocycles. The largest absolute Gasteiger partial charge is 0.468 e. The van der Waals surface area contributed by atoms with E-state index in [-0.39, 0.29) is 11.4 Å². The molecule has 0 aliphatic carbocycles. The molecule has 0 aliphatic rings. The van der Waals surface area contributed by atoms with Crippen molar-refractivity contribution in [3.8, 4) is 22.8 Å². The molecule has 0 N–H and O–H groups in total. The first kappa shape index (κ1) is 19.4. The number of furan rings is 1. The third kappa shape index (κ3) is 3.98. The highest BCUT2D eigenvalue weighted by Gasteiger charge is 2.20. The van der Waals surface area contributed by atoms with Gasteiger partial charge in [0.2, 0.25) is 0 Å². The highest BCUT2D eigenvalue weighted by atomic mass is 79.9. The molecule has 2 aromatic heterocycles. The fraction of sp³-hybridized carbons (Fsp3) is 0.222. The summed E-state index contributed by atoms with van der Waals surface area (Å²) in [5.74, 6) is 0.566. The molecule has 27 heavy (non-hydrogen) atoms. The topological polar surface area (TPSA) is 91.4 Å². The number of carbonyl (C=O) groups excluding carboxylic acids is 1. The number of methoxy groups -OCH3 is 1. The normalized spacial score (nSPS) is 11.6. The van der Waals surface area contributed by atoms with Crippen molar-refractivity contribution in [2.45, 2.75) is 18.4 Å². The van der Waals surface area contributed by atoms with Crippen LogP contribution in [0.15, 0.2) is 50.2 Å². The zero-order chi connectivity index (χ0) is 19.8. The maximum Gasteiger partial charge on any atom is 0.327 e. The Kier molecular flexibility index (Phi) is 5.25. The van der Waals surface area contributed by atoms with Crippen molar-refractivity contribution in [1.82, 2.24) is 9.78 Å². The van der Waals surface area contributed by atoms with Crippen molar-refractivity contribution in [3.63, 3.8) is 0 Å². The number of hydrogen-bond acceptors (Lipinski definition) is 6. The van der Waals surface area contributed by atoms with Gasteiger partial charge in [-0.25, -0.2) is 13.1 Å². The van der Waals surface area contributed by atoms with E-state index in [2.05, 4.69) is 21.0 Å². The highest BCUT2D eigenvalue weighted by molar-refractivity contribution is 9.10. The number of aromatic nitrogens is 2. The lowest BCUT2D eigenvalue weighted by atomic mass is 10.2. The summed E-state index contributed by atoms with van der Waals surface area (Å²) in [5.41, 5.74) is 1.94. The zero-order valence-electron chi connectivity index (χ0n) is 14.9. The van der Waals surface area contributed by atoms with E-state index in [9.17, 15) is 13.2 Å². The summed E-state index contributed by atoms with van der Waals surface area (Å²) < 4.78 is 36.4. The fourth-order valence-corrected chi connectivity index (χ4v) is 3.74. The molecule has 1 aromatic carbocycles. The van der Waals surface area contributed by atoms with Crippen molar-refractivity contribution in [2.75, 3.05) is 13.4 Å². The fourth-order valence-electron chi connectivity index (χ4n) is 2.60. The van der Waals surface area contributed by atoms with Crippen LogP contribution in [0.2, 0.25) is 0 Å². The van der Waals surface area contributed by atoms with E-state index in [1.54, 1.807) is 37.3 Å². The molecule has 142 valence electrons. The molecule has 9 heteroatoms. The lowest BCUT2D eigenvalue weighted by molar-refractivity contribution is -0.141. The van der Waals surface area contributed by atoms with Crippen LogP contribution in [0, 0.1) is 6.92 Å². The number of carbonyl (C=O) groups is 1. The van der Waals surface area contributed by atoms with Gasteiger partial charge in [-0.15, -0.1) is 0 Å². The molecular weight excluding hydrogens is 436 g/mol. The summed E-state index contributed by atoms with van der Waals surface area (Å²) in [6.45, 7) is 1.75. The van der Waals surface area contributed by atoms with Crippen LogP contribution in [-0.4, -0.2) is 37.5 Å². The Morgan fingerprint density at radius 1 is 1.26 bits per heavy atom. The van der Waals surface area contributed by atoms with Gasteiger partial charge in [-0.1, -0.05) is 12.1 Å². The van der Waals surface area contributed by atoms with Crippen LogP contribution in [0.5, 0.6) is 0 Å². The number of ether oxygens (including phenoxy) is 1. The van der Waals surface area contributed by atoms with Crippen LogP contribution in [0.1, 0.15) is 5.69 Å². The van der Waals surface area contributed by atoms with Crippen LogP contribution >= 0.6 is 15.9 Å². The number of hydrogen-bond donors (Lipinski definition) is 0. The first-order valence-corrected chi connectivity index (χ1v) is 10.6. The molecule has 0 spiro atoms. The van der Waals surface area contributed by atoms with Gasteiger partial charge in [-0.05, 0) is 47.1 Å². The Labute approximate surface area is 165 Å². The van der Waals surface area contributed by atoms with Gasteiger partial charge in [-0.2, -0.15) is 5.10 Å². The van der Waals surface area contributed by atoms with Crippen LogP contribution in [0.25, 0.3) is 22.8 Å². The lowest BCUT2D eigenvalue weighted by Crippen LogP contribution is -2.13. The van der Waals surface area contributed by atoms with Crippen LogP contribution in [-0.2, 0) is 25.9 Å². The standard InChI is InChI=1S/C18H17BrN2O5S/c1-11-17(19)18(21(20-11)10-16(22)25-2)15-8-7-14(26-15)12-5-4-6-13(9-12)27(3,23)24/h4-9H,10H2,1-3H3. The van der Waals surface area contributed by atoms with E-state index in [1.807, 2.05) is 0 Å². The van der Waals surface area contributed by atoms with Crippen LogP contribution in [0.4, 0.5) is 0 Å². The number of rotatable bonds is 5. The van der Waals surface area contributed by atoms with Crippen molar-refractivity contribution in [2.24, 2.45) is 0 Å². The smallest absolute Gasteiger partial charge is 0.327 e. The molecule has 0 radical (unpaired) electrons. The van der Waals surface area contributed by atoms with Crippen molar-refractivity contribution < 1.29 is 22.4 Å². The molecule has 0 unspecified atom stereocenters. The average Bonchev–Trinajstić information content (AvgIpc) is 3.19. The minimum atomic E-state index is -3.32. The number of halogens is 1. The Morgan fingerprint density at radius 2 is 1.96 bits per heavy atom. The first-order valence-electron chi connectivity index (χ1n) is 7.91.